The molecule has 4 aliphatic rings. The molecule has 0 amide bonds. The summed E-state index contributed by atoms with van der Waals surface area (Å²) in [5.41, 5.74) is 3.05. The van der Waals surface area contributed by atoms with Crippen molar-refractivity contribution in [3.63, 3.8) is 0 Å². The Morgan fingerprint density at radius 1 is 1.44 bits per heavy atom. The highest BCUT2D eigenvalue weighted by Crippen LogP contribution is 2.55. The molecule has 1 N–H and O–H groups in total. The van der Waals surface area contributed by atoms with Crippen LogP contribution in [-0.2, 0) is 9.53 Å². The smallest absolute Gasteiger partial charge is 0.162 e. The predicted octanol–water partition coefficient (Wildman–Crippen LogP) is 1.91. The first-order chi connectivity index (χ1) is 8.74. The number of ketones is 1. The highest BCUT2D eigenvalue weighted by atomic mass is 16.5. The van der Waals surface area contributed by atoms with Crippen LogP contribution in [0.3, 0.4) is 0 Å². The monoisotopic (exact) mass is 246 g/mol. The molecule has 4 rings (SSSR count). The maximum Gasteiger partial charge on any atom is 0.162 e. The van der Waals surface area contributed by atoms with E-state index in [0.717, 1.165) is 36.8 Å². The number of aliphatic hydroxyl groups is 1. The summed E-state index contributed by atoms with van der Waals surface area (Å²) < 4.78 is 6.29. The average molecular weight is 246 g/mol. The van der Waals surface area contributed by atoms with Crippen LogP contribution in [0, 0.1) is 5.92 Å². The quantitative estimate of drug-likeness (QED) is 0.719. The molecule has 0 aromatic rings. The number of carbonyl (C=O) groups is 1. The van der Waals surface area contributed by atoms with Crippen molar-refractivity contribution in [2.45, 2.75) is 50.2 Å². The molecule has 3 atom stereocenters. The van der Waals surface area contributed by atoms with Crippen LogP contribution in [0.25, 0.3) is 0 Å². The van der Waals surface area contributed by atoms with E-state index in [2.05, 4.69) is 0 Å². The zero-order valence-corrected chi connectivity index (χ0v) is 10.4. The van der Waals surface area contributed by atoms with Gasteiger partial charge in [0.2, 0.25) is 0 Å². The zero-order valence-electron chi connectivity index (χ0n) is 10.4. The number of fused-ring (bicyclic) bond motifs is 2. The van der Waals surface area contributed by atoms with Gasteiger partial charge in [0, 0.05) is 12.0 Å². The SMILES string of the molecule is O=C1CCC2=C1[C@H]1C=C(CO)[C@]3(CCC[C@H]3C2)O1. The Labute approximate surface area is 107 Å². The van der Waals surface area contributed by atoms with Crippen molar-refractivity contribution >= 4 is 5.78 Å². The molecule has 1 fully saturated rings. The van der Waals surface area contributed by atoms with Crippen LogP contribution in [-0.4, -0.2) is 29.2 Å². The van der Waals surface area contributed by atoms with E-state index in [-0.39, 0.29) is 24.1 Å². The first kappa shape index (κ1) is 10.9. The Morgan fingerprint density at radius 2 is 2.33 bits per heavy atom. The number of aliphatic hydroxyl groups excluding tert-OH is 1. The van der Waals surface area contributed by atoms with E-state index in [0.29, 0.717) is 12.3 Å². The molecule has 0 radical (unpaired) electrons. The molecule has 2 bridgehead atoms. The molecule has 1 saturated carbocycles. The van der Waals surface area contributed by atoms with Gasteiger partial charge in [-0.2, -0.15) is 0 Å². The molecule has 3 nitrogen and oxygen atoms in total. The fraction of sp³-hybridized carbons (Fsp3) is 0.667. The third kappa shape index (κ3) is 1.19. The van der Waals surface area contributed by atoms with Crippen LogP contribution < -0.4 is 0 Å². The second-order valence-electron chi connectivity index (χ2n) is 6.01. The number of hydrogen-bond donors (Lipinski definition) is 1. The summed E-state index contributed by atoms with van der Waals surface area (Å²) in [5, 5.41) is 9.60. The standard InChI is InChI=1S/C15H18O3/c16-8-11-7-13-14-9(3-4-12(14)17)6-10-2-1-5-15(10,11)18-13/h7,10,13,16H,1-6,8H2/t10-,13+,15+/m0/s1. The number of allylic oxidation sites excluding steroid dienone is 1. The minimum atomic E-state index is -0.246. The number of ether oxygens (including phenoxy) is 1. The van der Waals surface area contributed by atoms with Gasteiger partial charge < -0.3 is 9.84 Å². The summed E-state index contributed by atoms with van der Waals surface area (Å²) in [7, 11) is 0. The number of rotatable bonds is 1. The molecule has 0 aromatic heterocycles. The van der Waals surface area contributed by atoms with Crippen molar-refractivity contribution in [2.75, 3.05) is 6.61 Å². The Hall–Kier alpha value is -0.930. The summed E-state index contributed by atoms with van der Waals surface area (Å²) in [6.07, 6.45) is 7.80. The Balaban J connectivity index is 1.85. The maximum atomic E-state index is 12.0. The Morgan fingerprint density at radius 3 is 3.17 bits per heavy atom. The Bertz CT molecular complexity index is 488. The van der Waals surface area contributed by atoms with Crippen molar-refractivity contribution in [1.29, 1.82) is 0 Å². The van der Waals surface area contributed by atoms with Gasteiger partial charge in [0.05, 0.1) is 12.2 Å². The van der Waals surface area contributed by atoms with Gasteiger partial charge in [-0.3, -0.25) is 4.79 Å². The lowest BCUT2D eigenvalue weighted by atomic mass is 9.79. The van der Waals surface area contributed by atoms with Gasteiger partial charge in [-0.05, 0) is 49.7 Å². The van der Waals surface area contributed by atoms with Crippen LogP contribution >= 0.6 is 0 Å². The molecule has 2 aliphatic heterocycles. The summed E-state index contributed by atoms with van der Waals surface area (Å²) in [6, 6.07) is 0. The van der Waals surface area contributed by atoms with E-state index >= 15 is 0 Å². The molecule has 0 saturated heterocycles. The Kier molecular flexibility index (Phi) is 2.16. The average Bonchev–Trinajstić information content (AvgIpc) is 2.99. The second kappa shape index (κ2) is 3.55. The minimum absolute atomic E-state index is 0.0732. The highest BCUT2D eigenvalue weighted by molar-refractivity contribution is 6.00. The van der Waals surface area contributed by atoms with E-state index < -0.39 is 0 Å². The van der Waals surface area contributed by atoms with E-state index in [9.17, 15) is 9.90 Å². The molecule has 1 spiro atoms. The molecule has 0 aromatic carbocycles. The first-order valence-corrected chi connectivity index (χ1v) is 6.99. The lowest BCUT2D eigenvalue weighted by Gasteiger charge is -2.33. The summed E-state index contributed by atoms with van der Waals surface area (Å²) >= 11 is 0. The lowest BCUT2D eigenvalue weighted by molar-refractivity contribution is -0.116. The van der Waals surface area contributed by atoms with Gasteiger partial charge in [0.1, 0.15) is 6.10 Å². The highest BCUT2D eigenvalue weighted by Gasteiger charge is 2.54. The van der Waals surface area contributed by atoms with Gasteiger partial charge >= 0.3 is 0 Å². The zero-order chi connectivity index (χ0) is 12.3. The number of hydrogen-bond acceptors (Lipinski definition) is 3. The van der Waals surface area contributed by atoms with Crippen molar-refractivity contribution in [1.82, 2.24) is 0 Å². The molecule has 2 aliphatic carbocycles. The summed E-state index contributed by atoms with van der Waals surface area (Å²) in [6.45, 7) is 0.0732. The van der Waals surface area contributed by atoms with Crippen molar-refractivity contribution in [3.05, 3.63) is 22.8 Å². The van der Waals surface area contributed by atoms with Crippen molar-refractivity contribution < 1.29 is 14.6 Å². The molecule has 2 heterocycles. The van der Waals surface area contributed by atoms with Crippen LogP contribution in [0.4, 0.5) is 0 Å². The van der Waals surface area contributed by atoms with Gasteiger partial charge in [0.25, 0.3) is 0 Å². The van der Waals surface area contributed by atoms with E-state index in [4.69, 9.17) is 4.74 Å². The molecular weight excluding hydrogens is 228 g/mol. The second-order valence-corrected chi connectivity index (χ2v) is 6.01. The van der Waals surface area contributed by atoms with E-state index in [1.807, 2.05) is 6.08 Å². The van der Waals surface area contributed by atoms with E-state index in [1.165, 1.54) is 12.0 Å². The molecule has 0 unspecified atom stereocenters. The topological polar surface area (TPSA) is 46.5 Å². The molecular formula is C15H18O3. The van der Waals surface area contributed by atoms with Crippen LogP contribution in [0.1, 0.15) is 38.5 Å². The van der Waals surface area contributed by atoms with E-state index in [1.54, 1.807) is 0 Å². The lowest BCUT2D eigenvalue weighted by Crippen LogP contribution is -2.37. The van der Waals surface area contributed by atoms with Gasteiger partial charge in [-0.1, -0.05) is 5.57 Å². The molecule has 3 heteroatoms. The first-order valence-electron chi connectivity index (χ1n) is 6.99. The number of carbonyl (C=O) groups excluding carboxylic acids is 1. The predicted molar refractivity (Wildman–Crippen MR) is 66.0 cm³/mol. The maximum absolute atomic E-state index is 12.0. The minimum Gasteiger partial charge on any atom is -0.392 e. The van der Waals surface area contributed by atoms with Gasteiger partial charge in [-0.15, -0.1) is 0 Å². The van der Waals surface area contributed by atoms with Crippen molar-refractivity contribution in [2.24, 2.45) is 5.92 Å². The third-order valence-corrected chi connectivity index (χ3v) is 5.28. The fourth-order valence-corrected chi connectivity index (χ4v) is 4.48. The summed E-state index contributed by atoms with van der Waals surface area (Å²) in [4.78, 5) is 12.0. The number of Topliss-reactive ketones (excluding diaryl/α,β-unsaturated/α-hetero) is 1. The molecule has 96 valence electrons. The van der Waals surface area contributed by atoms with Crippen molar-refractivity contribution in [3.8, 4) is 0 Å². The van der Waals surface area contributed by atoms with Gasteiger partial charge in [-0.25, -0.2) is 0 Å². The molecule has 18 heavy (non-hydrogen) atoms. The van der Waals surface area contributed by atoms with Crippen LogP contribution in [0.5, 0.6) is 0 Å². The fourth-order valence-electron chi connectivity index (χ4n) is 4.48. The summed E-state index contributed by atoms with van der Waals surface area (Å²) in [5.74, 6) is 0.736. The largest absolute Gasteiger partial charge is 0.392 e. The van der Waals surface area contributed by atoms with Crippen LogP contribution in [0.2, 0.25) is 0 Å². The van der Waals surface area contributed by atoms with Gasteiger partial charge in [0.15, 0.2) is 5.78 Å². The normalized spacial score (nSPS) is 41.8. The van der Waals surface area contributed by atoms with Crippen LogP contribution in [0.15, 0.2) is 22.8 Å². The third-order valence-electron chi connectivity index (χ3n) is 5.28.